The summed E-state index contributed by atoms with van der Waals surface area (Å²) in [5.74, 6) is 0. The molecule has 0 radical (unpaired) electrons. The summed E-state index contributed by atoms with van der Waals surface area (Å²) in [6.07, 6.45) is -1.06. The normalized spacial score (nSPS) is 18.7. The highest BCUT2D eigenvalue weighted by atomic mass is 35.6. The molecule has 15 heavy (non-hydrogen) atoms. The Morgan fingerprint density at radius 3 is 2.20 bits per heavy atom. The van der Waals surface area contributed by atoms with Gasteiger partial charge in [0.1, 0.15) is 0 Å². The minimum Gasteiger partial charge on any atom is -0.439 e. The van der Waals surface area contributed by atoms with Crippen LogP contribution in [0, 0.1) is 0 Å². The maximum absolute atomic E-state index is 11.4. The maximum Gasteiger partial charge on any atom is 0.410 e. The zero-order valence-corrected chi connectivity index (χ0v) is 10.6. The van der Waals surface area contributed by atoms with Gasteiger partial charge in [-0.25, -0.2) is 4.79 Å². The van der Waals surface area contributed by atoms with E-state index in [1.165, 1.54) is 18.7 Å². The monoisotopic (exact) mass is 275 g/mol. The van der Waals surface area contributed by atoms with Crippen LogP contribution in [0.1, 0.15) is 13.8 Å². The predicted molar refractivity (Wildman–Crippen MR) is 58.4 cm³/mol. The van der Waals surface area contributed by atoms with Crippen molar-refractivity contribution in [2.24, 2.45) is 0 Å². The first kappa shape index (κ1) is 13.2. The number of aliphatic hydroxyl groups is 1. The number of ether oxygens (including phenoxy) is 1. The summed E-state index contributed by atoms with van der Waals surface area (Å²) in [4.78, 5) is 12.8. The minimum atomic E-state index is -1.69. The number of hydrogen-bond donors (Lipinski definition) is 1. The fourth-order valence-corrected chi connectivity index (χ4v) is 1.06. The molecule has 0 aliphatic carbocycles. The van der Waals surface area contributed by atoms with E-state index in [4.69, 9.17) is 44.6 Å². The zero-order valence-electron chi connectivity index (χ0n) is 8.34. The van der Waals surface area contributed by atoms with Crippen molar-refractivity contribution in [2.75, 3.05) is 13.1 Å². The van der Waals surface area contributed by atoms with Gasteiger partial charge in [-0.15, -0.1) is 0 Å². The molecule has 1 fully saturated rings. The summed E-state index contributed by atoms with van der Waals surface area (Å²) >= 11 is 16.9. The van der Waals surface area contributed by atoms with Crippen molar-refractivity contribution in [2.45, 2.75) is 29.3 Å². The van der Waals surface area contributed by atoms with Gasteiger partial charge in [-0.2, -0.15) is 0 Å². The molecular formula is C8H12Cl3NO3. The van der Waals surface area contributed by atoms with Gasteiger partial charge in [0.15, 0.2) is 5.60 Å². The molecule has 0 atom stereocenters. The Morgan fingerprint density at radius 2 is 1.87 bits per heavy atom. The summed E-state index contributed by atoms with van der Waals surface area (Å²) in [5.41, 5.74) is -1.21. The summed E-state index contributed by atoms with van der Waals surface area (Å²) in [6.45, 7) is 3.53. The van der Waals surface area contributed by atoms with Crippen LogP contribution in [-0.2, 0) is 4.74 Å². The van der Waals surface area contributed by atoms with Gasteiger partial charge < -0.3 is 14.7 Å². The van der Waals surface area contributed by atoms with Gasteiger partial charge in [-0.1, -0.05) is 34.8 Å². The highest BCUT2D eigenvalue weighted by molar-refractivity contribution is 6.68. The van der Waals surface area contributed by atoms with E-state index in [2.05, 4.69) is 0 Å². The van der Waals surface area contributed by atoms with Gasteiger partial charge >= 0.3 is 6.09 Å². The molecule has 0 unspecified atom stereocenters. The summed E-state index contributed by atoms with van der Waals surface area (Å²) in [7, 11) is 0. The molecule has 1 amide bonds. The number of carbonyl (C=O) groups is 1. The van der Waals surface area contributed by atoms with E-state index >= 15 is 0 Å². The fraction of sp³-hybridized carbons (Fsp3) is 0.875. The van der Waals surface area contributed by atoms with E-state index in [-0.39, 0.29) is 13.1 Å². The molecule has 1 aliphatic rings. The van der Waals surface area contributed by atoms with E-state index in [9.17, 15) is 4.79 Å². The smallest absolute Gasteiger partial charge is 0.410 e. The van der Waals surface area contributed by atoms with Gasteiger partial charge in [0, 0.05) is 0 Å². The van der Waals surface area contributed by atoms with Crippen molar-refractivity contribution in [3.8, 4) is 0 Å². The molecule has 4 nitrogen and oxygen atoms in total. The number of amides is 1. The summed E-state index contributed by atoms with van der Waals surface area (Å²) in [5, 5.41) is 9.00. The number of aliphatic hydroxyl groups excluding tert-OH is 1. The molecule has 0 bridgehead atoms. The lowest BCUT2D eigenvalue weighted by Crippen LogP contribution is -2.56. The van der Waals surface area contributed by atoms with Gasteiger partial charge in [0.25, 0.3) is 0 Å². The number of nitrogens with zero attached hydrogens (tertiary/aromatic N) is 1. The Labute approximate surface area is 103 Å². The van der Waals surface area contributed by atoms with E-state index in [0.717, 1.165) is 0 Å². The molecule has 1 aliphatic heterocycles. The minimum absolute atomic E-state index is 0.259. The Morgan fingerprint density at radius 1 is 1.40 bits per heavy atom. The molecule has 1 rings (SSSR count). The zero-order chi connectivity index (χ0) is 11.9. The Balaban J connectivity index is 2.51. The van der Waals surface area contributed by atoms with Gasteiger partial charge in [0.05, 0.1) is 19.2 Å². The Hall–Kier alpha value is 0.1000. The molecule has 0 saturated carbocycles. The number of rotatable bonds is 1. The number of alkyl halides is 3. The first-order chi connectivity index (χ1) is 6.63. The number of halogens is 3. The highest BCUT2D eigenvalue weighted by Gasteiger charge is 2.45. The summed E-state index contributed by atoms with van der Waals surface area (Å²) in [6, 6.07) is 0. The average Bonchev–Trinajstić information content (AvgIpc) is 1.95. The fourth-order valence-electron chi connectivity index (χ4n) is 0.945. The second kappa shape index (κ2) is 4.17. The van der Waals surface area contributed by atoms with Crippen molar-refractivity contribution in [3.05, 3.63) is 0 Å². The Kier molecular flexibility index (Phi) is 3.66. The van der Waals surface area contributed by atoms with E-state index in [1.54, 1.807) is 0 Å². The van der Waals surface area contributed by atoms with Gasteiger partial charge in [-0.05, 0) is 13.8 Å². The van der Waals surface area contributed by atoms with Crippen LogP contribution in [0.15, 0.2) is 0 Å². The van der Waals surface area contributed by atoms with Gasteiger partial charge in [0.2, 0.25) is 3.79 Å². The number of likely N-dealkylation sites (tertiary alicyclic amines) is 1. The van der Waals surface area contributed by atoms with E-state index in [1.807, 2.05) is 0 Å². The molecule has 1 heterocycles. The topological polar surface area (TPSA) is 49.8 Å². The highest BCUT2D eigenvalue weighted by Crippen LogP contribution is 2.40. The van der Waals surface area contributed by atoms with Crippen molar-refractivity contribution in [1.82, 2.24) is 4.90 Å². The standard InChI is InChI=1S/C8H12Cl3NO3/c1-7(2,8(9,10)11)15-6(14)12-3-5(13)4-12/h5,13H,3-4H2,1-2H3. The maximum atomic E-state index is 11.4. The van der Waals surface area contributed by atoms with Crippen LogP contribution in [-0.4, -0.2) is 44.7 Å². The number of hydrogen-bond acceptors (Lipinski definition) is 3. The summed E-state index contributed by atoms with van der Waals surface area (Å²) < 4.78 is 3.35. The molecule has 0 aromatic carbocycles. The quantitative estimate of drug-likeness (QED) is 0.745. The lowest BCUT2D eigenvalue weighted by molar-refractivity contribution is -0.0345. The largest absolute Gasteiger partial charge is 0.439 e. The van der Waals surface area contributed by atoms with Crippen molar-refractivity contribution >= 4 is 40.9 Å². The van der Waals surface area contributed by atoms with Crippen LogP contribution >= 0.6 is 34.8 Å². The average molecular weight is 277 g/mol. The molecule has 0 aromatic rings. The Bertz CT molecular complexity index is 258. The van der Waals surface area contributed by atoms with E-state index < -0.39 is 21.6 Å². The molecule has 1 saturated heterocycles. The van der Waals surface area contributed by atoms with Gasteiger partial charge in [-0.3, -0.25) is 0 Å². The van der Waals surface area contributed by atoms with Crippen LogP contribution in [0.2, 0.25) is 0 Å². The number of β-amino-alcohol motifs (C(OH)–C–C–N with tert-alkyl or cyclic N) is 1. The lowest BCUT2D eigenvalue weighted by atomic mass is 10.1. The molecule has 1 N–H and O–H groups in total. The van der Waals surface area contributed by atoms with E-state index in [0.29, 0.717) is 0 Å². The van der Waals surface area contributed by atoms with Crippen LogP contribution in [0.25, 0.3) is 0 Å². The SMILES string of the molecule is CC(C)(OC(=O)N1CC(O)C1)C(Cl)(Cl)Cl. The molecule has 0 aromatic heterocycles. The van der Waals surface area contributed by atoms with Crippen molar-refractivity contribution in [1.29, 1.82) is 0 Å². The lowest BCUT2D eigenvalue weighted by Gasteiger charge is -2.39. The third-order valence-electron chi connectivity index (χ3n) is 2.15. The second-order valence-electron chi connectivity index (χ2n) is 3.93. The second-order valence-corrected chi connectivity index (χ2v) is 6.22. The van der Waals surface area contributed by atoms with Crippen molar-refractivity contribution < 1.29 is 14.6 Å². The van der Waals surface area contributed by atoms with Crippen LogP contribution in [0.3, 0.4) is 0 Å². The third kappa shape index (κ3) is 3.03. The predicted octanol–water partition coefficient (Wildman–Crippen LogP) is 1.95. The molecule has 7 heteroatoms. The molecular weight excluding hydrogens is 264 g/mol. The van der Waals surface area contributed by atoms with Crippen LogP contribution in [0.4, 0.5) is 4.79 Å². The molecule has 88 valence electrons. The third-order valence-corrected chi connectivity index (χ3v) is 3.51. The molecule has 0 spiro atoms. The first-order valence-corrected chi connectivity index (χ1v) is 5.49. The first-order valence-electron chi connectivity index (χ1n) is 4.36. The van der Waals surface area contributed by atoms with Crippen molar-refractivity contribution in [3.63, 3.8) is 0 Å². The van der Waals surface area contributed by atoms with Crippen LogP contribution in [0.5, 0.6) is 0 Å². The van der Waals surface area contributed by atoms with Crippen LogP contribution < -0.4 is 0 Å². The number of carbonyl (C=O) groups excluding carboxylic acids is 1.